The van der Waals surface area contributed by atoms with E-state index < -0.39 is 0 Å². The number of benzene rings is 1. The maximum atomic E-state index is 5.58. The molecule has 17 heavy (non-hydrogen) atoms. The summed E-state index contributed by atoms with van der Waals surface area (Å²) in [6.45, 7) is 0.504. The molecule has 0 radical (unpaired) electrons. The smallest absolute Gasteiger partial charge is 0.128 e. The van der Waals surface area contributed by atoms with Crippen molar-refractivity contribution in [2.75, 3.05) is 14.2 Å². The van der Waals surface area contributed by atoms with E-state index >= 15 is 0 Å². The highest BCUT2D eigenvalue weighted by molar-refractivity contribution is 7.06. The second-order valence-electron chi connectivity index (χ2n) is 3.45. The highest BCUT2D eigenvalue weighted by Gasteiger charge is 2.11. The molecule has 90 valence electrons. The standard InChI is InChI=1S/C12H14N2O2S/c1-15-8-3-4-12(16-2)10(5-8)11-6-9(7-13)17-14-11/h3-6H,7,13H2,1-2H3. The average molecular weight is 250 g/mol. The number of nitrogens with zero attached hydrogens (tertiary/aromatic N) is 1. The van der Waals surface area contributed by atoms with Gasteiger partial charge in [-0.3, -0.25) is 0 Å². The molecule has 1 aromatic carbocycles. The van der Waals surface area contributed by atoms with Crippen molar-refractivity contribution in [3.05, 3.63) is 29.1 Å². The molecule has 0 spiro atoms. The van der Waals surface area contributed by atoms with Crippen LogP contribution in [-0.4, -0.2) is 18.6 Å². The van der Waals surface area contributed by atoms with Crippen LogP contribution in [0.25, 0.3) is 11.3 Å². The molecule has 0 aliphatic rings. The van der Waals surface area contributed by atoms with Gasteiger partial charge in [0.15, 0.2) is 0 Å². The second kappa shape index (κ2) is 5.16. The van der Waals surface area contributed by atoms with Crippen molar-refractivity contribution in [2.24, 2.45) is 5.73 Å². The fourth-order valence-corrected chi connectivity index (χ4v) is 2.16. The lowest BCUT2D eigenvalue weighted by atomic mass is 10.1. The molecule has 4 nitrogen and oxygen atoms in total. The van der Waals surface area contributed by atoms with E-state index in [4.69, 9.17) is 15.2 Å². The van der Waals surface area contributed by atoms with Crippen LogP contribution in [0.15, 0.2) is 24.3 Å². The first kappa shape index (κ1) is 11.9. The van der Waals surface area contributed by atoms with Crippen molar-refractivity contribution in [1.82, 2.24) is 4.37 Å². The Hall–Kier alpha value is -1.59. The first-order valence-electron chi connectivity index (χ1n) is 5.16. The summed E-state index contributed by atoms with van der Waals surface area (Å²) in [7, 11) is 3.28. The zero-order valence-electron chi connectivity index (χ0n) is 9.77. The lowest BCUT2D eigenvalue weighted by Gasteiger charge is -2.08. The minimum atomic E-state index is 0.504. The molecule has 0 atom stereocenters. The molecule has 1 heterocycles. The van der Waals surface area contributed by atoms with Crippen LogP contribution in [0.5, 0.6) is 11.5 Å². The molecule has 0 saturated heterocycles. The Morgan fingerprint density at radius 3 is 2.65 bits per heavy atom. The van der Waals surface area contributed by atoms with Crippen molar-refractivity contribution in [3.63, 3.8) is 0 Å². The largest absolute Gasteiger partial charge is 0.497 e. The van der Waals surface area contributed by atoms with E-state index in [1.165, 1.54) is 11.5 Å². The SMILES string of the molecule is COc1ccc(OC)c(-c2cc(CN)sn2)c1. The number of rotatable bonds is 4. The summed E-state index contributed by atoms with van der Waals surface area (Å²) in [5.74, 6) is 1.56. The Kier molecular flexibility index (Phi) is 3.61. The molecule has 2 rings (SSSR count). The molecule has 1 aromatic heterocycles. The van der Waals surface area contributed by atoms with Gasteiger partial charge in [-0.1, -0.05) is 0 Å². The molecule has 0 bridgehead atoms. The summed E-state index contributed by atoms with van der Waals surface area (Å²) in [4.78, 5) is 1.05. The van der Waals surface area contributed by atoms with Crippen molar-refractivity contribution < 1.29 is 9.47 Å². The average Bonchev–Trinajstić information content (AvgIpc) is 2.86. The van der Waals surface area contributed by atoms with Crippen LogP contribution in [0.4, 0.5) is 0 Å². The summed E-state index contributed by atoms with van der Waals surface area (Å²) < 4.78 is 14.9. The van der Waals surface area contributed by atoms with Gasteiger partial charge in [-0.15, -0.1) is 0 Å². The maximum Gasteiger partial charge on any atom is 0.128 e. The van der Waals surface area contributed by atoms with Gasteiger partial charge in [0.2, 0.25) is 0 Å². The topological polar surface area (TPSA) is 57.4 Å². The molecular weight excluding hydrogens is 236 g/mol. The Morgan fingerprint density at radius 1 is 1.24 bits per heavy atom. The normalized spacial score (nSPS) is 10.3. The number of hydrogen-bond acceptors (Lipinski definition) is 5. The van der Waals surface area contributed by atoms with Gasteiger partial charge in [0.1, 0.15) is 11.5 Å². The van der Waals surface area contributed by atoms with Crippen molar-refractivity contribution in [2.45, 2.75) is 6.54 Å². The zero-order chi connectivity index (χ0) is 12.3. The maximum absolute atomic E-state index is 5.58. The van der Waals surface area contributed by atoms with Gasteiger partial charge < -0.3 is 15.2 Å². The molecule has 0 unspecified atom stereocenters. The van der Waals surface area contributed by atoms with Gasteiger partial charge >= 0.3 is 0 Å². The predicted octanol–water partition coefficient (Wildman–Crippen LogP) is 2.29. The Morgan fingerprint density at radius 2 is 2.06 bits per heavy atom. The lowest BCUT2D eigenvalue weighted by Crippen LogP contribution is -1.92. The third-order valence-electron chi connectivity index (χ3n) is 2.44. The van der Waals surface area contributed by atoms with Gasteiger partial charge in [0, 0.05) is 17.0 Å². The number of aromatic nitrogens is 1. The molecule has 0 amide bonds. The number of ether oxygens (including phenoxy) is 2. The molecular formula is C12H14N2O2S. The minimum absolute atomic E-state index is 0.504. The van der Waals surface area contributed by atoms with E-state index in [1.807, 2.05) is 24.3 Å². The Labute approximate surface area is 104 Å². The van der Waals surface area contributed by atoms with E-state index in [9.17, 15) is 0 Å². The van der Waals surface area contributed by atoms with Crippen molar-refractivity contribution >= 4 is 11.5 Å². The Balaban J connectivity index is 2.47. The van der Waals surface area contributed by atoms with Crippen LogP contribution in [0, 0.1) is 0 Å². The number of hydrogen-bond donors (Lipinski definition) is 1. The molecule has 2 N–H and O–H groups in total. The van der Waals surface area contributed by atoms with Gasteiger partial charge in [-0.2, -0.15) is 4.37 Å². The van der Waals surface area contributed by atoms with Crippen LogP contribution < -0.4 is 15.2 Å². The van der Waals surface area contributed by atoms with E-state index in [-0.39, 0.29) is 0 Å². The molecule has 5 heteroatoms. The van der Waals surface area contributed by atoms with E-state index in [2.05, 4.69) is 4.37 Å². The Bertz CT molecular complexity index is 511. The molecule has 0 saturated carbocycles. The number of nitrogens with two attached hydrogens (primary N) is 1. The van der Waals surface area contributed by atoms with Crippen LogP contribution in [0.2, 0.25) is 0 Å². The molecule has 2 aromatic rings. The summed E-state index contributed by atoms with van der Waals surface area (Å²) >= 11 is 1.41. The fourth-order valence-electron chi connectivity index (χ4n) is 1.55. The highest BCUT2D eigenvalue weighted by Crippen LogP contribution is 2.33. The minimum Gasteiger partial charge on any atom is -0.497 e. The first-order valence-corrected chi connectivity index (χ1v) is 5.94. The fraction of sp³-hybridized carbons (Fsp3) is 0.250. The summed E-state index contributed by atoms with van der Waals surface area (Å²) in [6.07, 6.45) is 0. The summed E-state index contributed by atoms with van der Waals surface area (Å²) in [5.41, 5.74) is 7.37. The van der Waals surface area contributed by atoms with Crippen LogP contribution >= 0.6 is 11.5 Å². The van der Waals surface area contributed by atoms with E-state index in [1.54, 1.807) is 14.2 Å². The van der Waals surface area contributed by atoms with Crippen LogP contribution in [0.3, 0.4) is 0 Å². The zero-order valence-corrected chi connectivity index (χ0v) is 10.6. The summed E-state index contributed by atoms with van der Waals surface area (Å²) in [6, 6.07) is 7.62. The van der Waals surface area contributed by atoms with Gasteiger partial charge in [-0.25, -0.2) is 0 Å². The van der Waals surface area contributed by atoms with Crippen LogP contribution in [-0.2, 0) is 6.54 Å². The van der Waals surface area contributed by atoms with Crippen molar-refractivity contribution in [1.29, 1.82) is 0 Å². The summed E-state index contributed by atoms with van der Waals surface area (Å²) in [5, 5.41) is 0. The first-order chi connectivity index (χ1) is 8.28. The predicted molar refractivity (Wildman–Crippen MR) is 68.5 cm³/mol. The molecule has 0 aliphatic carbocycles. The van der Waals surface area contributed by atoms with Crippen LogP contribution in [0.1, 0.15) is 4.88 Å². The van der Waals surface area contributed by atoms with Gasteiger partial charge in [-0.05, 0) is 35.8 Å². The van der Waals surface area contributed by atoms with Crippen molar-refractivity contribution in [3.8, 4) is 22.8 Å². The third kappa shape index (κ3) is 2.40. The second-order valence-corrected chi connectivity index (χ2v) is 4.34. The lowest BCUT2D eigenvalue weighted by molar-refractivity contribution is 0.404. The van der Waals surface area contributed by atoms with Gasteiger partial charge in [0.25, 0.3) is 0 Å². The van der Waals surface area contributed by atoms with Gasteiger partial charge in [0.05, 0.1) is 19.9 Å². The molecule has 0 aliphatic heterocycles. The number of methoxy groups -OCH3 is 2. The highest BCUT2D eigenvalue weighted by atomic mass is 32.1. The van der Waals surface area contributed by atoms with E-state index in [0.29, 0.717) is 6.54 Å². The monoisotopic (exact) mass is 250 g/mol. The molecule has 0 fully saturated rings. The van der Waals surface area contributed by atoms with E-state index in [0.717, 1.165) is 27.6 Å². The third-order valence-corrected chi connectivity index (χ3v) is 3.25. The quantitative estimate of drug-likeness (QED) is 0.904.